The molecule has 0 amide bonds. The molecule has 0 aliphatic heterocycles. The number of rotatable bonds is 3. The molecule has 3 heteroatoms. The summed E-state index contributed by atoms with van der Waals surface area (Å²) >= 11 is 0. The molecule has 4 aromatic rings. The van der Waals surface area contributed by atoms with E-state index >= 15 is 0 Å². The molecule has 0 saturated carbocycles. The van der Waals surface area contributed by atoms with E-state index < -0.39 is 0 Å². The third-order valence-corrected chi connectivity index (χ3v) is 4.35. The quantitative estimate of drug-likeness (QED) is 0.493. The van der Waals surface area contributed by atoms with E-state index in [9.17, 15) is 9.59 Å². The molecule has 0 spiro atoms. The molecule has 3 aromatic carbocycles. The van der Waals surface area contributed by atoms with Crippen molar-refractivity contribution in [2.24, 2.45) is 0 Å². The third kappa shape index (κ3) is 2.74. The van der Waals surface area contributed by atoms with E-state index in [1.807, 2.05) is 49.4 Å². The molecule has 0 unspecified atom stereocenters. The number of carbonyl (C=O) groups excluding carboxylic acids is 1. The molecule has 0 saturated heterocycles. The Morgan fingerprint density at radius 3 is 2.19 bits per heavy atom. The molecule has 0 atom stereocenters. The number of aryl methyl sites for hydroxylation is 1. The number of carbonyl (C=O) groups is 1. The van der Waals surface area contributed by atoms with Crippen molar-refractivity contribution in [1.82, 2.24) is 0 Å². The molecule has 0 bridgehead atoms. The van der Waals surface area contributed by atoms with Crippen LogP contribution < -0.4 is 5.43 Å². The van der Waals surface area contributed by atoms with Crippen LogP contribution in [0.15, 0.2) is 88.1 Å². The lowest BCUT2D eigenvalue weighted by molar-refractivity contribution is 0.101. The molecule has 0 radical (unpaired) electrons. The maximum absolute atomic E-state index is 13.2. The van der Waals surface area contributed by atoms with E-state index in [0.717, 1.165) is 5.56 Å². The van der Waals surface area contributed by atoms with Crippen LogP contribution in [0, 0.1) is 6.92 Å². The molecular formula is C23H16O3. The van der Waals surface area contributed by atoms with Crippen molar-refractivity contribution in [2.75, 3.05) is 0 Å². The van der Waals surface area contributed by atoms with E-state index in [1.165, 1.54) is 0 Å². The van der Waals surface area contributed by atoms with Crippen molar-refractivity contribution < 1.29 is 9.21 Å². The van der Waals surface area contributed by atoms with Crippen molar-refractivity contribution >= 4 is 16.8 Å². The highest BCUT2D eigenvalue weighted by atomic mass is 16.3. The third-order valence-electron chi connectivity index (χ3n) is 4.35. The molecule has 3 nitrogen and oxygen atoms in total. The van der Waals surface area contributed by atoms with Gasteiger partial charge in [-0.15, -0.1) is 0 Å². The van der Waals surface area contributed by atoms with Crippen molar-refractivity contribution in [3.8, 4) is 11.1 Å². The van der Waals surface area contributed by atoms with Crippen molar-refractivity contribution in [3.63, 3.8) is 0 Å². The molecule has 1 heterocycles. The van der Waals surface area contributed by atoms with Crippen LogP contribution in [-0.2, 0) is 0 Å². The molecule has 4 rings (SSSR count). The average Bonchev–Trinajstić information content (AvgIpc) is 2.69. The molecule has 126 valence electrons. The van der Waals surface area contributed by atoms with Gasteiger partial charge in [-0.3, -0.25) is 9.59 Å². The van der Waals surface area contributed by atoms with Crippen LogP contribution >= 0.6 is 0 Å². The summed E-state index contributed by atoms with van der Waals surface area (Å²) in [6.45, 7) is 1.92. The molecule has 0 fully saturated rings. The first-order valence-corrected chi connectivity index (χ1v) is 8.38. The summed E-state index contributed by atoms with van der Waals surface area (Å²) in [5.41, 5.74) is 2.65. The topological polar surface area (TPSA) is 47.3 Å². The van der Waals surface area contributed by atoms with Crippen LogP contribution in [0.2, 0.25) is 0 Å². The van der Waals surface area contributed by atoms with Crippen LogP contribution in [0.5, 0.6) is 0 Å². The number of fused-ring (bicyclic) bond motifs is 1. The number of ketones is 1. The zero-order chi connectivity index (χ0) is 18.1. The molecule has 0 N–H and O–H groups in total. The Labute approximate surface area is 150 Å². The van der Waals surface area contributed by atoms with Crippen molar-refractivity contribution in [3.05, 3.63) is 106 Å². The summed E-state index contributed by atoms with van der Waals surface area (Å²) in [6, 6.07) is 23.4. The number of hydrogen-bond acceptors (Lipinski definition) is 3. The molecule has 1 aromatic heterocycles. The normalized spacial score (nSPS) is 10.8. The van der Waals surface area contributed by atoms with Gasteiger partial charge in [0, 0.05) is 5.56 Å². The van der Waals surface area contributed by atoms with Gasteiger partial charge >= 0.3 is 0 Å². The average molecular weight is 340 g/mol. The van der Waals surface area contributed by atoms with Crippen LogP contribution in [0.25, 0.3) is 22.1 Å². The second kappa shape index (κ2) is 6.45. The summed E-state index contributed by atoms with van der Waals surface area (Å²) in [7, 11) is 0. The van der Waals surface area contributed by atoms with Gasteiger partial charge in [-0.05, 0) is 24.6 Å². The highest BCUT2D eigenvalue weighted by molar-refractivity contribution is 6.11. The minimum absolute atomic E-state index is 0.0729. The Balaban J connectivity index is 2.07. The second-order valence-electron chi connectivity index (χ2n) is 6.20. The zero-order valence-electron chi connectivity index (χ0n) is 14.2. The Morgan fingerprint density at radius 1 is 0.846 bits per heavy atom. The van der Waals surface area contributed by atoms with E-state index in [1.54, 1.807) is 36.4 Å². The summed E-state index contributed by atoms with van der Waals surface area (Å²) in [5.74, 6) is -0.229. The predicted octanol–water partition coefficient (Wildman–Crippen LogP) is 5.00. The first-order valence-electron chi connectivity index (χ1n) is 8.38. The van der Waals surface area contributed by atoms with Gasteiger partial charge in [0.25, 0.3) is 0 Å². The molecular weight excluding hydrogens is 324 g/mol. The summed E-state index contributed by atoms with van der Waals surface area (Å²) in [5, 5.41) is 0.480. The Morgan fingerprint density at radius 2 is 1.50 bits per heavy atom. The fraction of sp³-hybridized carbons (Fsp3) is 0.0435. The lowest BCUT2D eigenvalue weighted by atomic mass is 9.97. The van der Waals surface area contributed by atoms with Crippen molar-refractivity contribution in [1.29, 1.82) is 0 Å². The first-order chi connectivity index (χ1) is 12.6. The highest BCUT2D eigenvalue weighted by Gasteiger charge is 2.22. The van der Waals surface area contributed by atoms with Crippen LogP contribution in [-0.4, -0.2) is 5.78 Å². The van der Waals surface area contributed by atoms with Gasteiger partial charge in [0.05, 0.1) is 10.9 Å². The Hall–Kier alpha value is -3.46. The summed E-state index contributed by atoms with van der Waals surface area (Å²) in [4.78, 5) is 26.3. The molecule has 0 aliphatic carbocycles. The van der Waals surface area contributed by atoms with Gasteiger partial charge in [0.2, 0.25) is 11.2 Å². The smallest absolute Gasteiger partial charge is 0.228 e. The number of hydrogen-bond donors (Lipinski definition) is 0. The van der Waals surface area contributed by atoms with E-state index in [0.29, 0.717) is 27.7 Å². The first kappa shape index (κ1) is 16.0. The Kier molecular flexibility index (Phi) is 3.98. The van der Waals surface area contributed by atoms with Crippen molar-refractivity contribution in [2.45, 2.75) is 6.92 Å². The molecule has 26 heavy (non-hydrogen) atoms. The van der Waals surface area contributed by atoms with Gasteiger partial charge in [0.1, 0.15) is 5.58 Å². The number of benzene rings is 3. The highest BCUT2D eigenvalue weighted by Crippen LogP contribution is 2.27. The van der Waals surface area contributed by atoms with Gasteiger partial charge in [-0.25, -0.2) is 0 Å². The second-order valence-corrected chi connectivity index (χ2v) is 6.20. The maximum atomic E-state index is 13.2. The van der Waals surface area contributed by atoms with Gasteiger partial charge < -0.3 is 4.42 Å². The minimum atomic E-state index is -0.302. The molecule has 0 aliphatic rings. The lowest BCUT2D eigenvalue weighted by Crippen LogP contribution is -2.13. The lowest BCUT2D eigenvalue weighted by Gasteiger charge is -2.10. The summed E-state index contributed by atoms with van der Waals surface area (Å²) in [6.07, 6.45) is 0. The van der Waals surface area contributed by atoms with Crippen LogP contribution in [0.4, 0.5) is 0 Å². The fourth-order valence-corrected chi connectivity index (χ4v) is 3.06. The monoisotopic (exact) mass is 340 g/mol. The van der Waals surface area contributed by atoms with Gasteiger partial charge in [-0.1, -0.05) is 72.3 Å². The van der Waals surface area contributed by atoms with E-state index in [-0.39, 0.29) is 17.0 Å². The predicted molar refractivity (Wildman–Crippen MR) is 103 cm³/mol. The van der Waals surface area contributed by atoms with E-state index in [4.69, 9.17) is 4.42 Å². The minimum Gasteiger partial charge on any atom is -0.452 e. The van der Waals surface area contributed by atoms with Gasteiger partial charge in [-0.2, -0.15) is 0 Å². The standard InChI is InChI=1S/C23H16O3/c1-15-12-13-19-18(14-15)22(25)20(16-8-4-2-5-9-16)23(26-19)21(24)17-10-6-3-7-11-17/h2-14H,1H3. The Bertz CT molecular complexity index is 1160. The summed E-state index contributed by atoms with van der Waals surface area (Å²) < 4.78 is 5.95. The maximum Gasteiger partial charge on any atom is 0.228 e. The fourth-order valence-electron chi connectivity index (χ4n) is 3.06. The largest absolute Gasteiger partial charge is 0.452 e. The zero-order valence-corrected chi connectivity index (χ0v) is 14.2. The van der Waals surface area contributed by atoms with Crippen LogP contribution in [0.3, 0.4) is 0 Å². The van der Waals surface area contributed by atoms with Gasteiger partial charge in [0.15, 0.2) is 5.76 Å². The SMILES string of the molecule is Cc1ccc2oc(C(=O)c3ccccc3)c(-c3ccccc3)c(=O)c2c1. The van der Waals surface area contributed by atoms with Crippen LogP contribution in [0.1, 0.15) is 21.7 Å². The van der Waals surface area contributed by atoms with E-state index in [2.05, 4.69) is 0 Å².